The highest BCUT2D eigenvalue weighted by atomic mass is 16.5. The molecule has 3 atom stereocenters. The number of rotatable bonds is 9. The van der Waals surface area contributed by atoms with Gasteiger partial charge in [0.2, 0.25) is 0 Å². The Bertz CT molecular complexity index is 1040. The molecule has 1 aliphatic carbocycles. The maximum atomic E-state index is 13.2. The minimum absolute atomic E-state index is 0.0254. The van der Waals surface area contributed by atoms with Crippen LogP contribution in [0.4, 0.5) is 0 Å². The molecule has 0 radical (unpaired) electrons. The molecule has 35 heavy (non-hydrogen) atoms. The van der Waals surface area contributed by atoms with Gasteiger partial charge in [0.1, 0.15) is 5.75 Å². The summed E-state index contributed by atoms with van der Waals surface area (Å²) in [5.41, 5.74) is 3.86. The van der Waals surface area contributed by atoms with Crippen molar-refractivity contribution in [2.75, 3.05) is 20.3 Å². The molecular weight excluding hydrogens is 442 g/mol. The van der Waals surface area contributed by atoms with E-state index >= 15 is 0 Å². The van der Waals surface area contributed by atoms with Gasteiger partial charge in [-0.3, -0.25) is 9.59 Å². The Hall–Kier alpha value is -2.70. The van der Waals surface area contributed by atoms with E-state index in [4.69, 9.17) is 9.47 Å². The lowest BCUT2D eigenvalue weighted by molar-refractivity contribution is -0.00717. The van der Waals surface area contributed by atoms with Gasteiger partial charge < -0.3 is 19.5 Å². The summed E-state index contributed by atoms with van der Waals surface area (Å²) in [6, 6.07) is 13.9. The SMILES string of the molecule is COc1cc(C(=O)N2C3CCC2COC3)ccc1C(=O)CC[C@@H](O)CCC1Cc2ccccc2C1. The first-order valence-electron chi connectivity index (χ1n) is 12.9. The van der Waals surface area contributed by atoms with Crippen LogP contribution in [-0.4, -0.2) is 60.2 Å². The molecule has 2 fully saturated rings. The molecule has 0 spiro atoms. The predicted molar refractivity (Wildman–Crippen MR) is 133 cm³/mol. The van der Waals surface area contributed by atoms with Crippen LogP contribution in [0.15, 0.2) is 42.5 Å². The van der Waals surface area contributed by atoms with E-state index in [-0.39, 0.29) is 30.2 Å². The van der Waals surface area contributed by atoms with Gasteiger partial charge in [0.05, 0.1) is 44.1 Å². The zero-order valence-corrected chi connectivity index (χ0v) is 20.4. The number of benzene rings is 2. The summed E-state index contributed by atoms with van der Waals surface area (Å²) in [5.74, 6) is 0.895. The van der Waals surface area contributed by atoms with Gasteiger partial charge in [-0.2, -0.15) is 0 Å². The third-order valence-electron chi connectivity index (χ3n) is 7.97. The third kappa shape index (κ3) is 5.14. The number of aliphatic hydroxyl groups is 1. The van der Waals surface area contributed by atoms with E-state index in [9.17, 15) is 14.7 Å². The molecule has 0 aromatic heterocycles. The normalized spacial score (nSPS) is 22.2. The summed E-state index contributed by atoms with van der Waals surface area (Å²) in [5, 5.41) is 10.5. The smallest absolute Gasteiger partial charge is 0.254 e. The molecule has 2 aromatic carbocycles. The standard InChI is InChI=1S/C29H35NO5/c1-34-28-16-22(29(33)30-23-8-9-24(30)18-35-17-23)7-12-26(28)27(32)13-11-25(31)10-6-19-14-20-4-2-3-5-21(20)15-19/h2-5,7,12,16,19,23-25,31H,6,8-11,13-15,17-18H2,1H3/t23?,24?,25-/m0/s1. The number of ketones is 1. The van der Waals surface area contributed by atoms with Gasteiger partial charge in [-0.05, 0) is 80.2 Å². The van der Waals surface area contributed by atoms with Crippen molar-refractivity contribution < 1.29 is 24.2 Å². The first-order chi connectivity index (χ1) is 17.0. The van der Waals surface area contributed by atoms with E-state index in [1.165, 1.54) is 18.2 Å². The molecule has 0 saturated carbocycles. The number of morpholine rings is 1. The number of Topliss-reactive ketones (excluding diaryl/α,β-unsaturated/α-hetero) is 1. The van der Waals surface area contributed by atoms with Crippen molar-refractivity contribution in [3.8, 4) is 5.75 Å². The van der Waals surface area contributed by atoms with Crippen LogP contribution in [-0.2, 0) is 17.6 Å². The van der Waals surface area contributed by atoms with Crippen molar-refractivity contribution in [3.63, 3.8) is 0 Å². The molecule has 5 rings (SSSR count). The highest BCUT2D eigenvalue weighted by molar-refractivity contribution is 6.01. The minimum Gasteiger partial charge on any atom is -0.496 e. The van der Waals surface area contributed by atoms with E-state index in [2.05, 4.69) is 24.3 Å². The van der Waals surface area contributed by atoms with Gasteiger partial charge in [-0.1, -0.05) is 24.3 Å². The fourth-order valence-corrected chi connectivity index (χ4v) is 6.02. The Morgan fingerprint density at radius 1 is 1.06 bits per heavy atom. The van der Waals surface area contributed by atoms with Crippen molar-refractivity contribution in [2.24, 2.45) is 5.92 Å². The van der Waals surface area contributed by atoms with Crippen molar-refractivity contribution in [1.29, 1.82) is 0 Å². The number of hydrogen-bond acceptors (Lipinski definition) is 5. The van der Waals surface area contributed by atoms with E-state index in [0.29, 0.717) is 48.8 Å². The lowest BCUT2D eigenvalue weighted by atomic mass is 9.95. The molecule has 1 N–H and O–H groups in total. The summed E-state index contributed by atoms with van der Waals surface area (Å²) in [7, 11) is 1.52. The molecule has 1 amide bonds. The van der Waals surface area contributed by atoms with Gasteiger partial charge in [0.15, 0.2) is 5.78 Å². The van der Waals surface area contributed by atoms with Crippen LogP contribution in [0.2, 0.25) is 0 Å². The van der Waals surface area contributed by atoms with Crippen molar-refractivity contribution in [1.82, 2.24) is 4.90 Å². The second kappa shape index (κ2) is 10.5. The Morgan fingerprint density at radius 3 is 2.40 bits per heavy atom. The molecule has 2 unspecified atom stereocenters. The lowest BCUT2D eigenvalue weighted by Gasteiger charge is -2.34. The quantitative estimate of drug-likeness (QED) is 0.548. The van der Waals surface area contributed by atoms with Crippen molar-refractivity contribution >= 4 is 11.7 Å². The van der Waals surface area contributed by atoms with Gasteiger partial charge in [0.25, 0.3) is 5.91 Å². The summed E-state index contributed by atoms with van der Waals surface area (Å²) in [6.45, 7) is 1.18. The molecule has 2 saturated heterocycles. The van der Waals surface area contributed by atoms with Crippen LogP contribution in [0.3, 0.4) is 0 Å². The van der Waals surface area contributed by atoms with Crippen molar-refractivity contribution in [3.05, 3.63) is 64.7 Å². The Labute approximate surface area is 207 Å². The number of amides is 1. The lowest BCUT2D eigenvalue weighted by Crippen LogP contribution is -2.49. The number of hydrogen-bond donors (Lipinski definition) is 1. The average Bonchev–Trinajstić information content (AvgIpc) is 3.41. The first-order valence-corrected chi connectivity index (χ1v) is 12.9. The van der Waals surface area contributed by atoms with Crippen LogP contribution in [0.1, 0.15) is 70.4 Å². The van der Waals surface area contributed by atoms with E-state index in [1.807, 2.05) is 4.90 Å². The molecule has 3 aliphatic rings. The third-order valence-corrected chi connectivity index (χ3v) is 7.97. The maximum absolute atomic E-state index is 13.2. The Kier molecular flexibility index (Phi) is 7.21. The molecule has 6 heteroatoms. The number of methoxy groups -OCH3 is 1. The topological polar surface area (TPSA) is 76.1 Å². The molecule has 6 nitrogen and oxygen atoms in total. The highest BCUT2D eigenvalue weighted by Crippen LogP contribution is 2.32. The Balaban J connectivity index is 1.14. The number of nitrogens with zero attached hydrogens (tertiary/aromatic N) is 1. The van der Waals surface area contributed by atoms with Gasteiger partial charge >= 0.3 is 0 Å². The number of carbonyl (C=O) groups is 2. The summed E-state index contributed by atoms with van der Waals surface area (Å²) in [4.78, 5) is 28.1. The molecule has 186 valence electrons. The number of aliphatic hydroxyl groups excluding tert-OH is 1. The van der Waals surface area contributed by atoms with Crippen LogP contribution in [0.5, 0.6) is 5.75 Å². The van der Waals surface area contributed by atoms with Gasteiger partial charge in [-0.25, -0.2) is 0 Å². The molecule has 2 heterocycles. The molecular formula is C29H35NO5. The van der Waals surface area contributed by atoms with Gasteiger partial charge in [-0.15, -0.1) is 0 Å². The van der Waals surface area contributed by atoms with E-state index in [0.717, 1.165) is 32.1 Å². The summed E-state index contributed by atoms with van der Waals surface area (Å²) < 4.78 is 11.1. The fourth-order valence-electron chi connectivity index (χ4n) is 6.02. The molecule has 2 bridgehead atoms. The highest BCUT2D eigenvalue weighted by Gasteiger charge is 2.40. The number of ether oxygens (including phenoxy) is 2. The van der Waals surface area contributed by atoms with Gasteiger partial charge in [0, 0.05) is 12.0 Å². The Morgan fingerprint density at radius 2 is 1.74 bits per heavy atom. The average molecular weight is 478 g/mol. The molecule has 2 aliphatic heterocycles. The summed E-state index contributed by atoms with van der Waals surface area (Å²) in [6.07, 6.45) is 5.97. The fraction of sp³-hybridized carbons (Fsp3) is 0.517. The maximum Gasteiger partial charge on any atom is 0.254 e. The van der Waals surface area contributed by atoms with Crippen LogP contribution >= 0.6 is 0 Å². The zero-order chi connectivity index (χ0) is 24.4. The van der Waals surface area contributed by atoms with Crippen LogP contribution in [0.25, 0.3) is 0 Å². The van der Waals surface area contributed by atoms with Crippen LogP contribution in [0, 0.1) is 5.92 Å². The first kappa shape index (κ1) is 24.0. The largest absolute Gasteiger partial charge is 0.496 e. The summed E-state index contributed by atoms with van der Waals surface area (Å²) >= 11 is 0. The second-order valence-electron chi connectivity index (χ2n) is 10.3. The predicted octanol–water partition coefficient (Wildman–Crippen LogP) is 4.22. The van der Waals surface area contributed by atoms with Crippen molar-refractivity contribution in [2.45, 2.75) is 69.6 Å². The van der Waals surface area contributed by atoms with E-state index in [1.54, 1.807) is 18.2 Å². The molecule has 2 aromatic rings. The number of fused-ring (bicyclic) bond motifs is 3. The minimum atomic E-state index is -0.494. The second-order valence-corrected chi connectivity index (χ2v) is 10.3. The van der Waals surface area contributed by atoms with Crippen LogP contribution < -0.4 is 4.74 Å². The monoisotopic (exact) mass is 477 g/mol. The van der Waals surface area contributed by atoms with E-state index < -0.39 is 6.10 Å². The zero-order valence-electron chi connectivity index (χ0n) is 20.4. The number of carbonyl (C=O) groups excluding carboxylic acids is 2.